The van der Waals surface area contributed by atoms with Gasteiger partial charge < -0.3 is 10.6 Å². The van der Waals surface area contributed by atoms with Crippen LogP contribution < -0.4 is 10.6 Å². The van der Waals surface area contributed by atoms with Crippen LogP contribution in [0.25, 0.3) is 10.9 Å². The SMILES string of the molecule is CS(=O)(=O)c1ccc(C(=O)CCC(=O)N[C@H]2CC[C@@H](Nc3cc(C(F)(F)F)nc4ccc(Cl)cc34)CC2)cc1. The summed E-state index contributed by atoms with van der Waals surface area (Å²) in [5, 5.41) is 7.04. The number of rotatable bonds is 8. The molecule has 3 aromatic rings. The largest absolute Gasteiger partial charge is 0.433 e. The average molecular weight is 582 g/mol. The molecule has 39 heavy (non-hydrogen) atoms. The Morgan fingerprint density at radius 1 is 0.974 bits per heavy atom. The second kappa shape index (κ2) is 11.5. The molecular weight excluding hydrogens is 555 g/mol. The third kappa shape index (κ3) is 7.48. The molecule has 0 radical (unpaired) electrons. The van der Waals surface area contributed by atoms with E-state index in [-0.39, 0.29) is 47.0 Å². The summed E-state index contributed by atoms with van der Waals surface area (Å²) in [4.78, 5) is 28.7. The van der Waals surface area contributed by atoms with E-state index in [0.29, 0.717) is 47.3 Å². The number of anilines is 1. The first kappa shape index (κ1) is 28.8. The third-order valence-corrected chi connectivity index (χ3v) is 8.06. The maximum Gasteiger partial charge on any atom is 0.433 e. The number of Topliss-reactive ketones (excluding diaryl/α,β-unsaturated/α-hetero) is 1. The van der Waals surface area contributed by atoms with E-state index in [2.05, 4.69) is 15.6 Å². The van der Waals surface area contributed by atoms with Crippen LogP contribution in [0, 0.1) is 0 Å². The molecule has 12 heteroatoms. The molecule has 1 amide bonds. The van der Waals surface area contributed by atoms with Gasteiger partial charge in [0.2, 0.25) is 5.91 Å². The van der Waals surface area contributed by atoms with Gasteiger partial charge >= 0.3 is 6.18 Å². The van der Waals surface area contributed by atoms with Crippen molar-refractivity contribution in [3.8, 4) is 0 Å². The minimum atomic E-state index is -4.59. The van der Waals surface area contributed by atoms with E-state index < -0.39 is 21.7 Å². The zero-order chi connectivity index (χ0) is 28.4. The van der Waals surface area contributed by atoms with Crippen molar-refractivity contribution >= 4 is 49.7 Å². The zero-order valence-corrected chi connectivity index (χ0v) is 22.6. The number of nitrogens with one attached hydrogen (secondary N) is 2. The topological polar surface area (TPSA) is 105 Å². The lowest BCUT2D eigenvalue weighted by molar-refractivity contribution is -0.140. The van der Waals surface area contributed by atoms with Crippen LogP contribution in [-0.4, -0.2) is 43.4 Å². The highest BCUT2D eigenvalue weighted by Gasteiger charge is 2.34. The van der Waals surface area contributed by atoms with Gasteiger partial charge in [0.25, 0.3) is 0 Å². The van der Waals surface area contributed by atoms with Crippen molar-refractivity contribution < 1.29 is 31.2 Å². The molecule has 1 aromatic heterocycles. The van der Waals surface area contributed by atoms with Crippen molar-refractivity contribution in [2.45, 2.75) is 61.7 Å². The summed E-state index contributed by atoms with van der Waals surface area (Å²) in [6, 6.07) is 10.9. The van der Waals surface area contributed by atoms with E-state index in [1.165, 1.54) is 36.4 Å². The Balaban J connectivity index is 1.29. The highest BCUT2D eigenvalue weighted by atomic mass is 35.5. The van der Waals surface area contributed by atoms with E-state index >= 15 is 0 Å². The Labute approximate surface area is 229 Å². The standard InChI is InChI=1S/C27H27ClF3N3O4S/c1-39(37,38)20-9-2-16(3-10-20)24(35)12-13-26(36)33-19-7-5-18(6-8-19)32-23-15-25(27(29,30)31)34-22-11-4-17(28)14-21(22)23/h2-4,9-11,14-15,18-19H,5-8,12-13H2,1H3,(H,32,34)(H,33,36)/t18-,19+. The number of nitrogens with zero attached hydrogens (tertiary/aromatic N) is 1. The van der Waals surface area contributed by atoms with Crippen molar-refractivity contribution in [3.05, 3.63) is 64.8 Å². The molecule has 1 fully saturated rings. The summed E-state index contributed by atoms with van der Waals surface area (Å²) in [5.41, 5.74) is -0.147. The number of halogens is 4. The van der Waals surface area contributed by atoms with Gasteiger partial charge in [0.15, 0.2) is 15.6 Å². The summed E-state index contributed by atoms with van der Waals surface area (Å²) in [5.74, 6) is -0.530. The highest BCUT2D eigenvalue weighted by Crippen LogP contribution is 2.35. The summed E-state index contributed by atoms with van der Waals surface area (Å²) in [6.07, 6.45) is -1.02. The molecule has 1 aliphatic rings. The molecule has 4 rings (SSSR count). The number of carbonyl (C=O) groups excluding carboxylic acids is 2. The second-order valence-corrected chi connectivity index (χ2v) is 12.1. The molecule has 2 aromatic carbocycles. The van der Waals surface area contributed by atoms with Crippen molar-refractivity contribution in [2.75, 3.05) is 11.6 Å². The van der Waals surface area contributed by atoms with Crippen LogP contribution in [0.3, 0.4) is 0 Å². The van der Waals surface area contributed by atoms with Crippen LogP contribution in [0.4, 0.5) is 18.9 Å². The lowest BCUT2D eigenvalue weighted by Crippen LogP contribution is -2.40. The molecule has 2 N–H and O–H groups in total. The normalized spacial score (nSPS) is 18.1. The number of hydrogen-bond acceptors (Lipinski definition) is 6. The second-order valence-electron chi connectivity index (χ2n) is 9.69. The Kier molecular flexibility index (Phi) is 8.51. The predicted octanol–water partition coefficient (Wildman–Crippen LogP) is 5.81. The molecule has 1 heterocycles. The van der Waals surface area contributed by atoms with Crippen molar-refractivity contribution in [1.82, 2.24) is 10.3 Å². The Bertz CT molecular complexity index is 1490. The van der Waals surface area contributed by atoms with Gasteiger partial charge in [-0.25, -0.2) is 13.4 Å². The lowest BCUT2D eigenvalue weighted by atomic mass is 9.90. The van der Waals surface area contributed by atoms with Gasteiger partial charge in [0, 0.05) is 52.8 Å². The Morgan fingerprint density at radius 3 is 2.23 bits per heavy atom. The van der Waals surface area contributed by atoms with E-state index in [0.717, 1.165) is 12.3 Å². The summed E-state index contributed by atoms with van der Waals surface area (Å²) < 4.78 is 63.3. The molecule has 0 saturated heterocycles. The number of hydrogen-bond donors (Lipinski definition) is 2. The lowest BCUT2D eigenvalue weighted by Gasteiger charge is -2.30. The maximum atomic E-state index is 13.4. The van der Waals surface area contributed by atoms with E-state index in [1.54, 1.807) is 6.07 Å². The van der Waals surface area contributed by atoms with Gasteiger partial charge in [-0.05, 0) is 62.1 Å². The van der Waals surface area contributed by atoms with Crippen molar-refractivity contribution in [2.24, 2.45) is 0 Å². The van der Waals surface area contributed by atoms with Gasteiger partial charge in [-0.1, -0.05) is 23.7 Å². The van der Waals surface area contributed by atoms with E-state index in [1.807, 2.05) is 0 Å². The van der Waals surface area contributed by atoms with Gasteiger partial charge in [0.1, 0.15) is 5.69 Å². The first-order chi connectivity index (χ1) is 18.3. The monoisotopic (exact) mass is 581 g/mol. The van der Waals surface area contributed by atoms with Crippen LogP contribution in [0.1, 0.15) is 54.6 Å². The fourth-order valence-corrected chi connectivity index (χ4v) is 5.43. The molecule has 208 valence electrons. The molecule has 1 aliphatic carbocycles. The number of amides is 1. The maximum absolute atomic E-state index is 13.4. The number of carbonyl (C=O) groups is 2. The van der Waals surface area contributed by atoms with Crippen molar-refractivity contribution in [1.29, 1.82) is 0 Å². The number of ketones is 1. The number of sulfone groups is 1. The molecule has 0 unspecified atom stereocenters. The van der Waals surface area contributed by atoms with Gasteiger partial charge in [-0.2, -0.15) is 13.2 Å². The number of pyridine rings is 1. The molecule has 1 saturated carbocycles. The van der Waals surface area contributed by atoms with Gasteiger partial charge in [-0.3, -0.25) is 9.59 Å². The third-order valence-electron chi connectivity index (χ3n) is 6.70. The number of fused-ring (bicyclic) bond motifs is 1. The quantitative estimate of drug-likeness (QED) is 0.325. The molecule has 0 spiro atoms. The minimum Gasteiger partial charge on any atom is -0.382 e. The van der Waals surface area contributed by atoms with Crippen LogP contribution in [0.15, 0.2) is 53.4 Å². The highest BCUT2D eigenvalue weighted by molar-refractivity contribution is 7.90. The van der Waals surface area contributed by atoms with Crippen LogP contribution in [0.5, 0.6) is 0 Å². The van der Waals surface area contributed by atoms with Crippen LogP contribution in [0.2, 0.25) is 5.02 Å². The first-order valence-corrected chi connectivity index (χ1v) is 14.6. The van der Waals surface area contributed by atoms with E-state index in [4.69, 9.17) is 11.6 Å². The smallest absolute Gasteiger partial charge is 0.382 e. The summed E-state index contributed by atoms with van der Waals surface area (Å²) >= 11 is 6.07. The number of aromatic nitrogens is 1. The molecule has 0 bridgehead atoms. The number of benzene rings is 2. The molecule has 7 nitrogen and oxygen atoms in total. The molecule has 0 aliphatic heterocycles. The zero-order valence-electron chi connectivity index (χ0n) is 21.0. The Morgan fingerprint density at radius 2 is 1.62 bits per heavy atom. The fourth-order valence-electron chi connectivity index (χ4n) is 4.62. The Hall–Kier alpha value is -3.18. The van der Waals surface area contributed by atoms with Gasteiger partial charge in [-0.15, -0.1) is 0 Å². The summed E-state index contributed by atoms with van der Waals surface area (Å²) in [6.45, 7) is 0. The van der Waals surface area contributed by atoms with Gasteiger partial charge in [0.05, 0.1) is 10.4 Å². The van der Waals surface area contributed by atoms with Crippen molar-refractivity contribution in [3.63, 3.8) is 0 Å². The minimum absolute atomic E-state index is 0.00514. The molecule has 0 atom stereocenters. The fraction of sp³-hybridized carbons (Fsp3) is 0.370. The van der Waals surface area contributed by atoms with E-state index in [9.17, 15) is 31.2 Å². The molecular formula is C27H27ClF3N3O4S. The summed E-state index contributed by atoms with van der Waals surface area (Å²) in [7, 11) is -3.36. The predicted molar refractivity (Wildman–Crippen MR) is 143 cm³/mol. The number of alkyl halides is 3. The van der Waals surface area contributed by atoms with Crippen LogP contribution >= 0.6 is 11.6 Å². The average Bonchev–Trinajstić information content (AvgIpc) is 2.87. The van der Waals surface area contributed by atoms with Crippen LogP contribution in [-0.2, 0) is 20.8 Å². The first-order valence-electron chi connectivity index (χ1n) is 12.4.